The van der Waals surface area contributed by atoms with Gasteiger partial charge in [-0.05, 0) is 26.3 Å². The van der Waals surface area contributed by atoms with Crippen molar-refractivity contribution in [3.05, 3.63) is 15.6 Å². The third-order valence-electron chi connectivity index (χ3n) is 2.90. The quantitative estimate of drug-likeness (QED) is 0.857. The minimum absolute atomic E-state index is 0.414. The number of nitrogens with zero attached hydrogens (tertiary/aromatic N) is 1. The van der Waals surface area contributed by atoms with Gasteiger partial charge in [-0.2, -0.15) is 0 Å². The fraction of sp³-hybridized carbons (Fsp3) is 0.750. The van der Waals surface area contributed by atoms with Gasteiger partial charge < -0.3 is 10.1 Å². The van der Waals surface area contributed by atoms with Gasteiger partial charge in [-0.25, -0.2) is 4.98 Å². The van der Waals surface area contributed by atoms with Gasteiger partial charge in [-0.3, -0.25) is 0 Å². The molecule has 0 aliphatic carbocycles. The predicted molar refractivity (Wildman–Crippen MR) is 66.9 cm³/mol. The summed E-state index contributed by atoms with van der Waals surface area (Å²) in [6, 6.07) is 0. The summed E-state index contributed by atoms with van der Waals surface area (Å²) in [5.41, 5.74) is 1.18. The Hall–Kier alpha value is -0.450. The molecule has 3 nitrogen and oxygen atoms in total. The fourth-order valence-corrected chi connectivity index (χ4v) is 3.08. The van der Waals surface area contributed by atoms with Crippen LogP contribution in [0.4, 0.5) is 0 Å². The number of ether oxygens (including phenoxy) is 1. The van der Waals surface area contributed by atoms with Gasteiger partial charge >= 0.3 is 0 Å². The van der Waals surface area contributed by atoms with Crippen molar-refractivity contribution < 1.29 is 4.74 Å². The lowest BCUT2D eigenvalue weighted by molar-refractivity contribution is 0.111. The van der Waals surface area contributed by atoms with Crippen LogP contribution in [0.5, 0.6) is 0 Å². The van der Waals surface area contributed by atoms with Crippen LogP contribution in [0.1, 0.15) is 35.3 Å². The highest BCUT2D eigenvalue weighted by Crippen LogP contribution is 2.23. The fourth-order valence-electron chi connectivity index (χ4n) is 1.98. The molecule has 1 aromatic rings. The number of nitrogens with one attached hydrogen (secondary N) is 1. The van der Waals surface area contributed by atoms with Crippen molar-refractivity contribution in [2.45, 2.75) is 45.8 Å². The Morgan fingerprint density at radius 3 is 3.12 bits per heavy atom. The number of rotatable bonds is 5. The smallest absolute Gasteiger partial charge is 0.0957 e. The average Bonchev–Trinajstić information content (AvgIpc) is 2.86. The molecule has 1 aliphatic heterocycles. The summed E-state index contributed by atoms with van der Waals surface area (Å²) in [6.45, 7) is 7.12. The Labute approximate surface area is 101 Å². The number of aryl methyl sites for hydroxylation is 1. The van der Waals surface area contributed by atoms with Gasteiger partial charge in [0.25, 0.3) is 0 Å². The van der Waals surface area contributed by atoms with Gasteiger partial charge in [0, 0.05) is 24.4 Å². The monoisotopic (exact) mass is 240 g/mol. The van der Waals surface area contributed by atoms with Crippen LogP contribution in [0.25, 0.3) is 0 Å². The highest BCUT2D eigenvalue weighted by molar-refractivity contribution is 7.11. The molecule has 1 aromatic heterocycles. The molecule has 16 heavy (non-hydrogen) atoms. The zero-order valence-corrected chi connectivity index (χ0v) is 10.9. The number of aromatic nitrogens is 1. The van der Waals surface area contributed by atoms with E-state index >= 15 is 0 Å². The highest BCUT2D eigenvalue weighted by atomic mass is 32.1. The van der Waals surface area contributed by atoms with E-state index in [0.29, 0.717) is 6.10 Å². The van der Waals surface area contributed by atoms with Crippen LogP contribution in [0.15, 0.2) is 0 Å². The van der Waals surface area contributed by atoms with Gasteiger partial charge in [0.05, 0.1) is 16.8 Å². The van der Waals surface area contributed by atoms with Gasteiger partial charge in [-0.1, -0.05) is 6.92 Å². The Kier molecular flexibility index (Phi) is 4.32. The minimum Gasteiger partial charge on any atom is -0.378 e. The van der Waals surface area contributed by atoms with Crippen molar-refractivity contribution in [2.75, 3.05) is 13.2 Å². The molecule has 1 N–H and O–H groups in total. The number of hydrogen-bond donors (Lipinski definition) is 1. The van der Waals surface area contributed by atoms with E-state index in [1.54, 1.807) is 0 Å². The zero-order chi connectivity index (χ0) is 11.4. The van der Waals surface area contributed by atoms with Crippen LogP contribution in [-0.2, 0) is 17.7 Å². The zero-order valence-electron chi connectivity index (χ0n) is 10.1. The van der Waals surface area contributed by atoms with Crippen LogP contribution in [-0.4, -0.2) is 24.2 Å². The lowest BCUT2D eigenvalue weighted by Crippen LogP contribution is -2.11. The first-order valence-electron chi connectivity index (χ1n) is 6.07. The van der Waals surface area contributed by atoms with Crippen LogP contribution in [0.2, 0.25) is 0 Å². The summed E-state index contributed by atoms with van der Waals surface area (Å²) in [4.78, 5) is 6.00. The Morgan fingerprint density at radius 1 is 1.56 bits per heavy atom. The molecule has 1 atom stereocenters. The Bertz CT molecular complexity index is 332. The molecule has 1 saturated heterocycles. The Balaban J connectivity index is 1.93. The van der Waals surface area contributed by atoms with E-state index in [1.165, 1.54) is 28.4 Å². The van der Waals surface area contributed by atoms with E-state index in [-0.39, 0.29) is 0 Å². The first-order chi connectivity index (χ1) is 7.79. The summed E-state index contributed by atoms with van der Waals surface area (Å²) < 4.78 is 5.64. The SMILES string of the molecule is CCNCc1sc(CC2CCCO2)nc1C. The summed E-state index contributed by atoms with van der Waals surface area (Å²) in [6.07, 6.45) is 3.82. The van der Waals surface area contributed by atoms with E-state index in [1.807, 2.05) is 11.3 Å². The van der Waals surface area contributed by atoms with Crippen LogP contribution < -0.4 is 5.32 Å². The van der Waals surface area contributed by atoms with Crippen molar-refractivity contribution in [3.8, 4) is 0 Å². The molecular formula is C12H20N2OS. The van der Waals surface area contributed by atoms with Crippen molar-refractivity contribution in [1.82, 2.24) is 10.3 Å². The second-order valence-electron chi connectivity index (χ2n) is 4.24. The van der Waals surface area contributed by atoms with Crippen molar-refractivity contribution in [1.29, 1.82) is 0 Å². The molecule has 0 amide bonds. The van der Waals surface area contributed by atoms with Crippen molar-refractivity contribution in [2.24, 2.45) is 0 Å². The van der Waals surface area contributed by atoms with Crippen LogP contribution >= 0.6 is 11.3 Å². The predicted octanol–water partition coefficient (Wildman–Crippen LogP) is 2.28. The molecule has 0 radical (unpaired) electrons. The topological polar surface area (TPSA) is 34.1 Å². The third kappa shape index (κ3) is 3.03. The molecule has 0 spiro atoms. The third-order valence-corrected chi connectivity index (χ3v) is 4.08. The summed E-state index contributed by atoms with van der Waals surface area (Å²) in [5, 5.41) is 4.59. The maximum absolute atomic E-state index is 5.64. The molecule has 0 saturated carbocycles. The van der Waals surface area contributed by atoms with Crippen molar-refractivity contribution in [3.63, 3.8) is 0 Å². The molecule has 2 heterocycles. The number of thiazole rings is 1. The van der Waals surface area contributed by atoms with E-state index in [4.69, 9.17) is 4.74 Å². The standard InChI is InChI=1S/C12H20N2OS/c1-3-13-8-11-9(2)14-12(16-11)7-10-5-4-6-15-10/h10,13H,3-8H2,1-2H3. The molecule has 4 heteroatoms. The first-order valence-corrected chi connectivity index (χ1v) is 6.88. The van der Waals surface area contributed by atoms with Crippen molar-refractivity contribution >= 4 is 11.3 Å². The molecule has 2 rings (SSSR count). The summed E-state index contributed by atoms with van der Waals surface area (Å²) in [7, 11) is 0. The van der Waals surface area contributed by atoms with E-state index in [2.05, 4.69) is 24.1 Å². The minimum atomic E-state index is 0.414. The maximum Gasteiger partial charge on any atom is 0.0957 e. The largest absolute Gasteiger partial charge is 0.378 e. The van der Waals surface area contributed by atoms with E-state index < -0.39 is 0 Å². The highest BCUT2D eigenvalue weighted by Gasteiger charge is 2.18. The molecule has 90 valence electrons. The van der Waals surface area contributed by atoms with Crippen LogP contribution in [0.3, 0.4) is 0 Å². The maximum atomic E-state index is 5.64. The molecule has 0 aromatic carbocycles. The molecule has 1 fully saturated rings. The Morgan fingerprint density at radius 2 is 2.44 bits per heavy atom. The molecule has 0 bridgehead atoms. The van der Waals surface area contributed by atoms with Gasteiger partial charge in [0.15, 0.2) is 0 Å². The lowest BCUT2D eigenvalue weighted by Gasteiger charge is -2.05. The first kappa shape index (κ1) is 12.0. The van der Waals surface area contributed by atoms with Gasteiger partial charge in [-0.15, -0.1) is 11.3 Å². The van der Waals surface area contributed by atoms with Gasteiger partial charge in [0.2, 0.25) is 0 Å². The second-order valence-corrected chi connectivity index (χ2v) is 5.40. The van der Waals surface area contributed by atoms with Gasteiger partial charge in [0.1, 0.15) is 0 Å². The van der Waals surface area contributed by atoms with Crippen LogP contribution in [0, 0.1) is 6.92 Å². The summed E-state index contributed by atoms with van der Waals surface area (Å²) in [5.74, 6) is 0. The second kappa shape index (κ2) is 5.75. The lowest BCUT2D eigenvalue weighted by atomic mass is 10.2. The normalized spacial score (nSPS) is 20.5. The molecular weight excluding hydrogens is 220 g/mol. The molecule has 1 aliphatic rings. The molecule has 1 unspecified atom stereocenters. The number of hydrogen-bond acceptors (Lipinski definition) is 4. The summed E-state index contributed by atoms with van der Waals surface area (Å²) >= 11 is 1.83. The average molecular weight is 240 g/mol. The van der Waals surface area contributed by atoms with E-state index in [0.717, 1.165) is 26.1 Å². The van der Waals surface area contributed by atoms with E-state index in [9.17, 15) is 0 Å².